The number of thiophene rings is 1. The maximum absolute atomic E-state index is 12.4. The zero-order chi connectivity index (χ0) is 14.9. The van der Waals surface area contributed by atoms with E-state index in [2.05, 4.69) is 9.71 Å². The smallest absolute Gasteiger partial charge is 0.262 e. The van der Waals surface area contributed by atoms with E-state index < -0.39 is 10.0 Å². The van der Waals surface area contributed by atoms with E-state index in [1.807, 2.05) is 12.1 Å². The van der Waals surface area contributed by atoms with Gasteiger partial charge in [0.25, 0.3) is 10.0 Å². The second kappa shape index (κ2) is 5.44. The Morgan fingerprint density at radius 1 is 1.29 bits per heavy atom. The zero-order valence-electron chi connectivity index (χ0n) is 10.9. The van der Waals surface area contributed by atoms with Crippen molar-refractivity contribution >= 4 is 37.8 Å². The number of rotatable bonds is 4. The third-order valence-electron chi connectivity index (χ3n) is 3.02. The molecule has 2 heterocycles. The molecule has 108 valence electrons. The largest absolute Gasteiger partial charge is 0.391 e. The molecule has 0 bridgehead atoms. The average Bonchev–Trinajstić information content (AvgIpc) is 2.97. The van der Waals surface area contributed by atoms with E-state index in [9.17, 15) is 8.42 Å². The maximum atomic E-state index is 12.4. The lowest BCUT2D eigenvalue weighted by atomic mass is 10.1. The zero-order valence-corrected chi connectivity index (χ0v) is 12.5. The molecule has 7 heteroatoms. The van der Waals surface area contributed by atoms with Gasteiger partial charge in [0.05, 0.1) is 17.2 Å². The summed E-state index contributed by atoms with van der Waals surface area (Å²) in [5, 5.41) is 12.2. The Morgan fingerprint density at radius 2 is 2.14 bits per heavy atom. The van der Waals surface area contributed by atoms with Gasteiger partial charge in [-0.05, 0) is 23.6 Å². The monoisotopic (exact) mass is 320 g/mol. The second-order valence-electron chi connectivity index (χ2n) is 4.41. The topological polar surface area (TPSA) is 79.3 Å². The van der Waals surface area contributed by atoms with Gasteiger partial charge in [-0.2, -0.15) is 0 Å². The second-order valence-corrected chi connectivity index (χ2v) is 7.09. The van der Waals surface area contributed by atoms with E-state index in [4.69, 9.17) is 5.11 Å². The molecule has 2 N–H and O–H groups in total. The Hall–Kier alpha value is -1.96. The first-order chi connectivity index (χ1) is 10.1. The molecule has 0 aliphatic heterocycles. The van der Waals surface area contributed by atoms with Crippen molar-refractivity contribution in [3.8, 4) is 0 Å². The number of anilines is 1. The van der Waals surface area contributed by atoms with Gasteiger partial charge in [0.15, 0.2) is 0 Å². The molecule has 2 aromatic heterocycles. The Bertz CT molecular complexity index is 883. The first-order valence-corrected chi connectivity index (χ1v) is 8.50. The molecule has 0 fully saturated rings. The van der Waals surface area contributed by atoms with Gasteiger partial charge < -0.3 is 5.11 Å². The lowest BCUT2D eigenvalue weighted by molar-refractivity contribution is 0.285. The number of pyridine rings is 1. The van der Waals surface area contributed by atoms with Crippen LogP contribution in [0.4, 0.5) is 5.69 Å². The number of aromatic nitrogens is 1. The van der Waals surface area contributed by atoms with Crippen LogP contribution in [0.3, 0.4) is 0 Å². The summed E-state index contributed by atoms with van der Waals surface area (Å²) in [6.07, 6.45) is 3.28. The molecule has 0 amide bonds. The third-order valence-corrected chi connectivity index (χ3v) is 5.44. The minimum absolute atomic E-state index is 0.150. The van der Waals surface area contributed by atoms with Crippen molar-refractivity contribution in [1.82, 2.24) is 4.98 Å². The number of sulfonamides is 1. The van der Waals surface area contributed by atoms with E-state index >= 15 is 0 Å². The number of hydrogen-bond donors (Lipinski definition) is 2. The number of nitrogens with one attached hydrogen (secondary N) is 1. The van der Waals surface area contributed by atoms with E-state index in [-0.39, 0.29) is 11.5 Å². The minimum atomic E-state index is -3.67. The molecule has 0 unspecified atom stereocenters. The molecule has 3 aromatic rings. The van der Waals surface area contributed by atoms with Gasteiger partial charge in [0, 0.05) is 28.0 Å². The molecule has 0 radical (unpaired) electrons. The van der Waals surface area contributed by atoms with Gasteiger partial charge in [-0.1, -0.05) is 12.1 Å². The molecular weight excluding hydrogens is 308 g/mol. The molecule has 1 aromatic carbocycles. The van der Waals surface area contributed by atoms with Crippen molar-refractivity contribution in [1.29, 1.82) is 0 Å². The lowest BCUT2D eigenvalue weighted by Crippen LogP contribution is -2.12. The summed E-state index contributed by atoms with van der Waals surface area (Å²) in [6.45, 7) is -0.168. The molecule has 0 saturated heterocycles. The molecule has 0 aliphatic carbocycles. The summed E-state index contributed by atoms with van der Waals surface area (Å²) in [4.78, 5) is 4.78. The maximum Gasteiger partial charge on any atom is 0.262 e. The van der Waals surface area contributed by atoms with E-state index in [0.717, 1.165) is 10.8 Å². The van der Waals surface area contributed by atoms with E-state index in [0.29, 0.717) is 10.6 Å². The number of benzene rings is 1. The average molecular weight is 320 g/mol. The van der Waals surface area contributed by atoms with Crippen LogP contribution in [0.2, 0.25) is 0 Å². The Balaban J connectivity index is 2.01. The number of nitrogens with zero attached hydrogens (tertiary/aromatic N) is 1. The van der Waals surface area contributed by atoms with Gasteiger partial charge in [-0.25, -0.2) is 8.42 Å². The Morgan fingerprint density at radius 3 is 2.90 bits per heavy atom. The van der Waals surface area contributed by atoms with E-state index in [1.54, 1.807) is 24.5 Å². The van der Waals surface area contributed by atoms with Gasteiger partial charge in [-0.15, -0.1) is 11.3 Å². The van der Waals surface area contributed by atoms with Crippen molar-refractivity contribution < 1.29 is 13.5 Å². The van der Waals surface area contributed by atoms with Crippen LogP contribution in [-0.4, -0.2) is 18.5 Å². The first-order valence-electron chi connectivity index (χ1n) is 6.14. The Labute approximate surface area is 125 Å². The SMILES string of the molecule is O=S(=O)(Nc1cccc2ccncc12)c1csc(CO)c1. The van der Waals surface area contributed by atoms with Crippen LogP contribution in [0, 0.1) is 0 Å². The number of aliphatic hydroxyl groups excluding tert-OH is 1. The molecule has 5 nitrogen and oxygen atoms in total. The van der Waals surface area contributed by atoms with Gasteiger partial charge in [0.2, 0.25) is 0 Å². The standard InChI is InChI=1S/C14H12N2O3S2/c17-8-11-6-12(9-20-11)21(18,19)16-14-3-1-2-10-4-5-15-7-13(10)14/h1-7,9,16-17H,8H2. The summed E-state index contributed by atoms with van der Waals surface area (Å²) >= 11 is 1.21. The molecule has 0 spiro atoms. The highest BCUT2D eigenvalue weighted by molar-refractivity contribution is 7.92. The fourth-order valence-electron chi connectivity index (χ4n) is 1.99. The molecule has 0 aliphatic rings. The summed E-state index contributed by atoms with van der Waals surface area (Å²) in [7, 11) is -3.67. The molecule has 21 heavy (non-hydrogen) atoms. The lowest BCUT2D eigenvalue weighted by Gasteiger charge is -2.09. The summed E-state index contributed by atoms with van der Waals surface area (Å²) in [5.41, 5.74) is 0.484. The number of fused-ring (bicyclic) bond motifs is 1. The van der Waals surface area contributed by atoms with Crippen LogP contribution in [0.15, 0.2) is 53.0 Å². The summed E-state index contributed by atoms with van der Waals surface area (Å²) in [6, 6.07) is 8.66. The minimum Gasteiger partial charge on any atom is -0.391 e. The third kappa shape index (κ3) is 2.76. The fraction of sp³-hybridized carbons (Fsp3) is 0.0714. The predicted octanol–water partition coefficient (Wildman–Crippen LogP) is 2.59. The quantitative estimate of drug-likeness (QED) is 0.774. The Kier molecular flexibility index (Phi) is 3.62. The van der Waals surface area contributed by atoms with Crippen LogP contribution in [0.1, 0.15) is 4.88 Å². The summed E-state index contributed by atoms with van der Waals surface area (Å²) in [5.74, 6) is 0. The van der Waals surface area contributed by atoms with E-state index in [1.165, 1.54) is 22.8 Å². The highest BCUT2D eigenvalue weighted by Crippen LogP contribution is 2.26. The molecule has 3 rings (SSSR count). The highest BCUT2D eigenvalue weighted by Gasteiger charge is 2.17. The van der Waals surface area contributed by atoms with Crippen LogP contribution in [0.25, 0.3) is 10.8 Å². The molecular formula is C14H12N2O3S2. The molecule has 0 atom stereocenters. The normalized spacial score (nSPS) is 11.7. The van der Waals surface area contributed by atoms with Gasteiger partial charge >= 0.3 is 0 Å². The van der Waals surface area contributed by atoms with Crippen molar-refractivity contribution in [2.24, 2.45) is 0 Å². The first kappa shape index (κ1) is 14.0. The molecule has 0 saturated carbocycles. The van der Waals surface area contributed by atoms with Crippen LogP contribution < -0.4 is 4.72 Å². The van der Waals surface area contributed by atoms with Crippen molar-refractivity contribution in [2.75, 3.05) is 4.72 Å². The van der Waals surface area contributed by atoms with Gasteiger partial charge in [-0.3, -0.25) is 9.71 Å². The van der Waals surface area contributed by atoms with Crippen molar-refractivity contribution in [3.05, 3.63) is 53.0 Å². The van der Waals surface area contributed by atoms with Crippen LogP contribution in [0.5, 0.6) is 0 Å². The van der Waals surface area contributed by atoms with Crippen molar-refractivity contribution in [3.63, 3.8) is 0 Å². The van der Waals surface area contributed by atoms with Crippen molar-refractivity contribution in [2.45, 2.75) is 11.5 Å². The fourth-order valence-corrected chi connectivity index (χ4v) is 4.20. The van der Waals surface area contributed by atoms with Crippen LogP contribution in [-0.2, 0) is 16.6 Å². The van der Waals surface area contributed by atoms with Crippen LogP contribution >= 0.6 is 11.3 Å². The number of aliphatic hydroxyl groups is 1. The predicted molar refractivity (Wildman–Crippen MR) is 82.8 cm³/mol. The number of hydrogen-bond acceptors (Lipinski definition) is 5. The summed E-state index contributed by atoms with van der Waals surface area (Å²) < 4.78 is 27.3. The highest BCUT2D eigenvalue weighted by atomic mass is 32.2. The van der Waals surface area contributed by atoms with Gasteiger partial charge in [0.1, 0.15) is 0 Å².